The Morgan fingerprint density at radius 3 is 1.12 bits per heavy atom. The molecular formula is C59H114NO8+. The summed E-state index contributed by atoms with van der Waals surface area (Å²) in [4.78, 5) is 37.3. The summed E-state index contributed by atoms with van der Waals surface area (Å²) < 4.78 is 22.8. The topological polar surface area (TPSA) is 108 Å². The second-order valence-electron chi connectivity index (χ2n) is 21.3. The van der Waals surface area contributed by atoms with Crippen molar-refractivity contribution in [1.82, 2.24) is 0 Å². The van der Waals surface area contributed by atoms with Gasteiger partial charge < -0.3 is 28.5 Å². The number of hydrogen-bond donors (Lipinski definition) is 1. The number of carbonyl (C=O) groups is 3. The first-order chi connectivity index (χ1) is 33.1. The lowest BCUT2D eigenvalue weighted by molar-refractivity contribution is -0.870. The lowest BCUT2D eigenvalue weighted by Crippen LogP contribution is -2.40. The molecule has 68 heavy (non-hydrogen) atoms. The molecule has 0 spiro atoms. The zero-order valence-electron chi connectivity index (χ0n) is 45.8. The Bertz CT molecular complexity index is 1120. The van der Waals surface area contributed by atoms with Gasteiger partial charge in [-0.15, -0.1) is 0 Å². The Kier molecular flexibility index (Phi) is 49.9. The number of unbranched alkanes of at least 4 members (excludes halogenated alkanes) is 38. The summed E-state index contributed by atoms with van der Waals surface area (Å²) in [5, 5.41) is 9.67. The van der Waals surface area contributed by atoms with Gasteiger partial charge in [0.15, 0.2) is 6.10 Å². The van der Waals surface area contributed by atoms with Crippen LogP contribution in [0, 0.1) is 0 Å². The van der Waals surface area contributed by atoms with Crippen LogP contribution in [0.3, 0.4) is 0 Å². The van der Waals surface area contributed by atoms with Crippen LogP contribution in [0.2, 0.25) is 0 Å². The van der Waals surface area contributed by atoms with Crippen molar-refractivity contribution >= 4 is 17.9 Å². The van der Waals surface area contributed by atoms with E-state index in [0.717, 1.165) is 51.4 Å². The highest BCUT2D eigenvalue weighted by molar-refractivity contribution is 5.71. The van der Waals surface area contributed by atoms with E-state index in [1.807, 2.05) is 21.1 Å². The number of carboxylic acid groups (broad SMARTS) is 1. The van der Waals surface area contributed by atoms with E-state index >= 15 is 0 Å². The molecule has 1 N–H and O–H groups in total. The van der Waals surface area contributed by atoms with Gasteiger partial charge >= 0.3 is 17.9 Å². The van der Waals surface area contributed by atoms with Crippen molar-refractivity contribution in [2.24, 2.45) is 0 Å². The Labute approximate surface area is 421 Å². The number of ether oxygens (including phenoxy) is 4. The van der Waals surface area contributed by atoms with E-state index in [-0.39, 0.29) is 32.2 Å². The number of carboxylic acids is 1. The zero-order chi connectivity index (χ0) is 49.9. The molecule has 0 radical (unpaired) electrons. The average Bonchev–Trinajstić information content (AvgIpc) is 3.30. The summed E-state index contributed by atoms with van der Waals surface area (Å²) in [6, 6.07) is 0. The molecule has 0 aromatic heterocycles. The largest absolute Gasteiger partial charge is 0.477 e. The van der Waals surface area contributed by atoms with Crippen LogP contribution in [0.15, 0.2) is 12.2 Å². The van der Waals surface area contributed by atoms with E-state index in [1.54, 1.807) is 0 Å². The standard InChI is InChI=1S/C59H113NO8/c1-6-8-10-12-14-16-18-20-21-22-23-24-25-26-27-28-29-30-31-32-33-34-35-36-37-38-40-41-43-45-47-49-56(61)66-53-55(54-67-59(58(63)64)65-52-51-60(3,4)5)68-57(62)50-48-46-44-42-39-19-17-15-13-11-9-7-2/h15,17,55,59H,6-14,16,18-54H2,1-5H3/p+1/b17-15-. The van der Waals surface area contributed by atoms with Gasteiger partial charge in [0.2, 0.25) is 0 Å². The van der Waals surface area contributed by atoms with Gasteiger partial charge in [0.05, 0.1) is 34.4 Å². The smallest absolute Gasteiger partial charge is 0.361 e. The van der Waals surface area contributed by atoms with Crippen LogP contribution in [0.5, 0.6) is 0 Å². The number of aliphatic carboxylic acids is 1. The van der Waals surface area contributed by atoms with E-state index < -0.39 is 24.3 Å². The van der Waals surface area contributed by atoms with Crippen LogP contribution < -0.4 is 0 Å². The van der Waals surface area contributed by atoms with Gasteiger partial charge in [-0.3, -0.25) is 9.59 Å². The first kappa shape index (κ1) is 66.0. The number of hydrogen-bond acceptors (Lipinski definition) is 7. The van der Waals surface area contributed by atoms with E-state index in [2.05, 4.69) is 26.0 Å². The van der Waals surface area contributed by atoms with Crippen LogP contribution in [0.25, 0.3) is 0 Å². The fourth-order valence-corrected chi connectivity index (χ4v) is 8.72. The van der Waals surface area contributed by atoms with Crippen molar-refractivity contribution in [1.29, 1.82) is 0 Å². The van der Waals surface area contributed by atoms with Gasteiger partial charge in [0, 0.05) is 12.8 Å². The van der Waals surface area contributed by atoms with Crippen molar-refractivity contribution in [3.8, 4) is 0 Å². The predicted octanol–water partition coefficient (Wildman–Crippen LogP) is 17.0. The average molecular weight is 966 g/mol. The van der Waals surface area contributed by atoms with Crippen molar-refractivity contribution in [2.45, 2.75) is 302 Å². The van der Waals surface area contributed by atoms with Gasteiger partial charge in [-0.1, -0.05) is 251 Å². The molecular weight excluding hydrogens is 851 g/mol. The van der Waals surface area contributed by atoms with Crippen molar-refractivity contribution in [2.75, 3.05) is 47.5 Å². The molecule has 0 aromatic rings. The fourth-order valence-electron chi connectivity index (χ4n) is 8.72. The minimum Gasteiger partial charge on any atom is -0.477 e. The number of allylic oxidation sites excluding steroid dienone is 2. The molecule has 0 aliphatic carbocycles. The molecule has 0 aliphatic heterocycles. The molecule has 0 bridgehead atoms. The lowest BCUT2D eigenvalue weighted by Gasteiger charge is -2.25. The molecule has 402 valence electrons. The Morgan fingerprint density at radius 1 is 0.426 bits per heavy atom. The van der Waals surface area contributed by atoms with Crippen LogP contribution in [0.1, 0.15) is 290 Å². The maximum absolute atomic E-state index is 12.8. The van der Waals surface area contributed by atoms with Crippen LogP contribution in [0.4, 0.5) is 0 Å². The number of esters is 2. The molecule has 2 unspecified atom stereocenters. The van der Waals surface area contributed by atoms with E-state index in [0.29, 0.717) is 23.9 Å². The molecule has 9 nitrogen and oxygen atoms in total. The number of likely N-dealkylation sites (N-methyl/N-ethyl adjacent to an activating group) is 1. The molecule has 0 amide bonds. The molecule has 0 saturated carbocycles. The summed E-state index contributed by atoms with van der Waals surface area (Å²) in [5.41, 5.74) is 0. The van der Waals surface area contributed by atoms with Crippen LogP contribution in [-0.2, 0) is 33.3 Å². The highest BCUT2D eigenvalue weighted by atomic mass is 16.7. The number of nitrogens with zero attached hydrogens (tertiary/aromatic N) is 1. The molecule has 0 saturated heterocycles. The Morgan fingerprint density at radius 2 is 0.750 bits per heavy atom. The van der Waals surface area contributed by atoms with Gasteiger partial charge in [0.1, 0.15) is 13.2 Å². The maximum Gasteiger partial charge on any atom is 0.361 e. The summed E-state index contributed by atoms with van der Waals surface area (Å²) in [5.74, 6) is -2.00. The zero-order valence-corrected chi connectivity index (χ0v) is 45.8. The third-order valence-electron chi connectivity index (χ3n) is 13.3. The number of carbonyl (C=O) groups excluding carboxylic acids is 2. The quantitative estimate of drug-likeness (QED) is 0.0211. The molecule has 0 rings (SSSR count). The molecule has 0 heterocycles. The van der Waals surface area contributed by atoms with Gasteiger partial charge in [-0.05, 0) is 38.5 Å². The predicted molar refractivity (Wildman–Crippen MR) is 286 cm³/mol. The number of quaternary nitrogens is 1. The maximum atomic E-state index is 12.8. The molecule has 2 atom stereocenters. The number of rotatable bonds is 55. The summed E-state index contributed by atoms with van der Waals surface area (Å²) >= 11 is 0. The van der Waals surface area contributed by atoms with Crippen molar-refractivity contribution in [3.63, 3.8) is 0 Å². The Balaban J connectivity index is 4.00. The van der Waals surface area contributed by atoms with Gasteiger partial charge in [-0.2, -0.15) is 0 Å². The first-order valence-corrected chi connectivity index (χ1v) is 29.4. The molecule has 0 fully saturated rings. The minimum atomic E-state index is -1.51. The van der Waals surface area contributed by atoms with E-state index in [1.165, 1.54) is 205 Å². The van der Waals surface area contributed by atoms with E-state index in [4.69, 9.17) is 18.9 Å². The normalized spacial score (nSPS) is 12.8. The van der Waals surface area contributed by atoms with Gasteiger partial charge in [0.25, 0.3) is 6.29 Å². The fraction of sp³-hybridized carbons (Fsp3) is 0.915. The summed E-state index contributed by atoms with van der Waals surface area (Å²) in [6.45, 7) is 4.88. The monoisotopic (exact) mass is 965 g/mol. The second kappa shape index (κ2) is 51.4. The SMILES string of the molecule is CCCCC/C=C\CCCCCCCC(=O)OC(COC(=O)CCCCCCCCCCCCCCCCCCCCCCCCCCCCCCCCC)COC(OCC[N+](C)(C)C)C(=O)O. The second-order valence-corrected chi connectivity index (χ2v) is 21.3. The summed E-state index contributed by atoms with van der Waals surface area (Å²) in [6.07, 6.45) is 56.1. The third kappa shape index (κ3) is 51.9. The van der Waals surface area contributed by atoms with Crippen LogP contribution in [-0.4, -0.2) is 87.4 Å². The van der Waals surface area contributed by atoms with Gasteiger partial charge in [-0.25, -0.2) is 4.79 Å². The lowest BCUT2D eigenvalue weighted by atomic mass is 10.0. The summed E-state index contributed by atoms with van der Waals surface area (Å²) in [7, 11) is 5.97. The molecule has 0 aliphatic rings. The highest BCUT2D eigenvalue weighted by Crippen LogP contribution is 2.18. The van der Waals surface area contributed by atoms with E-state index in [9.17, 15) is 19.5 Å². The first-order valence-electron chi connectivity index (χ1n) is 29.4. The molecule has 0 aromatic carbocycles. The van der Waals surface area contributed by atoms with Crippen molar-refractivity contribution in [3.05, 3.63) is 12.2 Å². The third-order valence-corrected chi connectivity index (χ3v) is 13.3. The highest BCUT2D eigenvalue weighted by Gasteiger charge is 2.25. The van der Waals surface area contributed by atoms with Crippen molar-refractivity contribution < 1.29 is 42.9 Å². The minimum absolute atomic E-state index is 0.179. The molecule has 9 heteroatoms. The Hall–Kier alpha value is -1.97. The van der Waals surface area contributed by atoms with Crippen LogP contribution >= 0.6 is 0 Å².